The summed E-state index contributed by atoms with van der Waals surface area (Å²) < 4.78 is 10.6. The van der Waals surface area contributed by atoms with Crippen LogP contribution in [0.15, 0.2) is 18.2 Å². The molecular weight excluding hydrogens is 244 g/mol. The fraction of sp³-hybridized carbons (Fsp3) is 0.533. The maximum absolute atomic E-state index is 11.1. The van der Waals surface area contributed by atoms with Crippen LogP contribution in [0, 0.1) is 5.92 Å². The SMILES string of the molecule is COCc1cccc(OC)c1C(CC(=O)O)C1CC1. The molecule has 0 aliphatic heterocycles. The summed E-state index contributed by atoms with van der Waals surface area (Å²) in [6.45, 7) is 0.482. The van der Waals surface area contributed by atoms with E-state index in [1.807, 2.05) is 18.2 Å². The van der Waals surface area contributed by atoms with Crippen molar-refractivity contribution in [2.75, 3.05) is 14.2 Å². The average molecular weight is 264 g/mol. The molecule has 1 atom stereocenters. The van der Waals surface area contributed by atoms with E-state index in [0.717, 1.165) is 29.7 Å². The van der Waals surface area contributed by atoms with Gasteiger partial charge in [-0.2, -0.15) is 0 Å². The first-order valence-corrected chi connectivity index (χ1v) is 6.53. The van der Waals surface area contributed by atoms with Crippen LogP contribution < -0.4 is 4.74 Å². The number of hydrogen-bond donors (Lipinski definition) is 1. The third kappa shape index (κ3) is 3.26. The maximum Gasteiger partial charge on any atom is 0.303 e. The van der Waals surface area contributed by atoms with E-state index < -0.39 is 5.97 Å². The van der Waals surface area contributed by atoms with Crippen LogP contribution >= 0.6 is 0 Å². The summed E-state index contributed by atoms with van der Waals surface area (Å²) in [5.74, 6) is 0.501. The largest absolute Gasteiger partial charge is 0.496 e. The minimum atomic E-state index is -0.758. The molecule has 104 valence electrons. The van der Waals surface area contributed by atoms with Crippen molar-refractivity contribution in [2.45, 2.75) is 31.8 Å². The van der Waals surface area contributed by atoms with Gasteiger partial charge in [-0.1, -0.05) is 12.1 Å². The number of methoxy groups -OCH3 is 2. The fourth-order valence-electron chi connectivity index (χ4n) is 2.66. The molecule has 1 fully saturated rings. The number of benzene rings is 1. The van der Waals surface area contributed by atoms with E-state index in [4.69, 9.17) is 14.6 Å². The summed E-state index contributed by atoms with van der Waals surface area (Å²) in [5, 5.41) is 9.13. The first-order valence-electron chi connectivity index (χ1n) is 6.53. The quantitative estimate of drug-likeness (QED) is 0.822. The van der Waals surface area contributed by atoms with E-state index in [0.29, 0.717) is 12.5 Å². The summed E-state index contributed by atoms with van der Waals surface area (Å²) >= 11 is 0. The van der Waals surface area contributed by atoms with Crippen molar-refractivity contribution < 1.29 is 19.4 Å². The van der Waals surface area contributed by atoms with Crippen molar-refractivity contribution in [1.29, 1.82) is 0 Å². The van der Waals surface area contributed by atoms with Gasteiger partial charge in [0.15, 0.2) is 0 Å². The molecule has 1 aromatic carbocycles. The van der Waals surface area contributed by atoms with Gasteiger partial charge in [-0.3, -0.25) is 4.79 Å². The number of aliphatic carboxylic acids is 1. The number of hydrogen-bond acceptors (Lipinski definition) is 3. The second-order valence-corrected chi connectivity index (χ2v) is 5.01. The van der Waals surface area contributed by atoms with Crippen LogP contribution in [0.1, 0.15) is 36.3 Å². The van der Waals surface area contributed by atoms with E-state index in [9.17, 15) is 4.79 Å². The molecule has 0 radical (unpaired) electrons. The Labute approximate surface area is 113 Å². The summed E-state index contributed by atoms with van der Waals surface area (Å²) in [7, 11) is 3.27. The molecule has 1 aliphatic carbocycles. The van der Waals surface area contributed by atoms with Crippen LogP contribution in [-0.4, -0.2) is 25.3 Å². The predicted molar refractivity (Wildman–Crippen MR) is 71.4 cm³/mol. The van der Waals surface area contributed by atoms with Gasteiger partial charge in [0.25, 0.3) is 0 Å². The molecule has 2 rings (SSSR count). The number of rotatable bonds is 7. The zero-order chi connectivity index (χ0) is 13.8. The average Bonchev–Trinajstić information content (AvgIpc) is 3.20. The number of carboxylic acids is 1. The van der Waals surface area contributed by atoms with Crippen LogP contribution in [0.5, 0.6) is 5.75 Å². The lowest BCUT2D eigenvalue weighted by Gasteiger charge is -2.21. The molecule has 0 saturated heterocycles. The Hall–Kier alpha value is -1.55. The maximum atomic E-state index is 11.1. The molecule has 0 aromatic heterocycles. The smallest absolute Gasteiger partial charge is 0.303 e. The van der Waals surface area contributed by atoms with Crippen molar-refractivity contribution in [3.05, 3.63) is 29.3 Å². The normalized spacial score (nSPS) is 16.1. The van der Waals surface area contributed by atoms with Crippen molar-refractivity contribution in [3.8, 4) is 5.75 Å². The van der Waals surface area contributed by atoms with Gasteiger partial charge in [0.2, 0.25) is 0 Å². The minimum absolute atomic E-state index is 0.0267. The lowest BCUT2D eigenvalue weighted by Crippen LogP contribution is -2.12. The van der Waals surface area contributed by atoms with Crippen molar-refractivity contribution >= 4 is 5.97 Å². The second-order valence-electron chi connectivity index (χ2n) is 5.01. The fourth-order valence-corrected chi connectivity index (χ4v) is 2.66. The van der Waals surface area contributed by atoms with Crippen LogP contribution in [-0.2, 0) is 16.1 Å². The summed E-state index contributed by atoms with van der Waals surface area (Å²) in [6, 6.07) is 5.80. The summed E-state index contributed by atoms with van der Waals surface area (Å²) in [6.07, 6.45) is 2.35. The van der Waals surface area contributed by atoms with Gasteiger partial charge < -0.3 is 14.6 Å². The standard InChI is InChI=1S/C15H20O4/c1-18-9-11-4-3-5-13(19-2)15(11)12(8-14(16)17)10-6-7-10/h3-5,10,12H,6-9H2,1-2H3,(H,16,17). The lowest BCUT2D eigenvalue weighted by molar-refractivity contribution is -0.137. The van der Waals surface area contributed by atoms with Gasteiger partial charge >= 0.3 is 5.97 Å². The molecule has 0 spiro atoms. The van der Waals surface area contributed by atoms with Gasteiger partial charge in [-0.05, 0) is 30.4 Å². The van der Waals surface area contributed by atoms with Gasteiger partial charge in [-0.25, -0.2) is 0 Å². The molecule has 1 saturated carbocycles. The first-order chi connectivity index (χ1) is 9.17. The zero-order valence-corrected chi connectivity index (χ0v) is 11.4. The van der Waals surface area contributed by atoms with Crippen molar-refractivity contribution in [1.82, 2.24) is 0 Å². The Morgan fingerprint density at radius 1 is 1.42 bits per heavy atom. The second kappa shape index (κ2) is 6.06. The highest BCUT2D eigenvalue weighted by molar-refractivity contribution is 5.68. The van der Waals surface area contributed by atoms with Gasteiger partial charge in [0.05, 0.1) is 20.1 Å². The highest BCUT2D eigenvalue weighted by atomic mass is 16.5. The molecule has 1 N–H and O–H groups in total. The first kappa shape index (κ1) is 13.9. The Morgan fingerprint density at radius 2 is 2.16 bits per heavy atom. The Morgan fingerprint density at radius 3 is 2.68 bits per heavy atom. The van der Waals surface area contributed by atoms with E-state index in [2.05, 4.69) is 0 Å². The van der Waals surface area contributed by atoms with Gasteiger partial charge in [0, 0.05) is 18.6 Å². The molecule has 0 heterocycles. The van der Waals surface area contributed by atoms with Crippen LogP contribution in [0.25, 0.3) is 0 Å². The Balaban J connectivity index is 2.40. The van der Waals surface area contributed by atoms with E-state index >= 15 is 0 Å². The predicted octanol–water partition coefficient (Wildman–Crippen LogP) is 2.81. The van der Waals surface area contributed by atoms with Crippen LogP contribution in [0.2, 0.25) is 0 Å². The number of carboxylic acid groups (broad SMARTS) is 1. The van der Waals surface area contributed by atoms with Crippen LogP contribution in [0.3, 0.4) is 0 Å². The molecule has 1 unspecified atom stereocenters. The van der Waals surface area contributed by atoms with Crippen molar-refractivity contribution in [3.63, 3.8) is 0 Å². The molecule has 0 bridgehead atoms. The molecule has 4 nitrogen and oxygen atoms in total. The molecular formula is C15H20O4. The Bertz CT molecular complexity index is 451. The molecule has 4 heteroatoms. The van der Waals surface area contributed by atoms with E-state index in [1.54, 1.807) is 14.2 Å². The van der Waals surface area contributed by atoms with E-state index in [-0.39, 0.29) is 12.3 Å². The monoisotopic (exact) mass is 264 g/mol. The molecule has 0 amide bonds. The molecule has 1 aliphatic rings. The Kier molecular flexibility index (Phi) is 4.43. The minimum Gasteiger partial charge on any atom is -0.496 e. The number of ether oxygens (including phenoxy) is 2. The number of carbonyl (C=O) groups is 1. The third-order valence-electron chi connectivity index (χ3n) is 3.63. The highest BCUT2D eigenvalue weighted by Crippen LogP contribution is 2.48. The summed E-state index contributed by atoms with van der Waals surface area (Å²) in [5.41, 5.74) is 2.04. The van der Waals surface area contributed by atoms with Gasteiger partial charge in [0.1, 0.15) is 5.75 Å². The van der Waals surface area contributed by atoms with E-state index in [1.165, 1.54) is 0 Å². The summed E-state index contributed by atoms with van der Waals surface area (Å²) in [4.78, 5) is 11.1. The van der Waals surface area contributed by atoms with Gasteiger partial charge in [-0.15, -0.1) is 0 Å². The molecule has 1 aromatic rings. The van der Waals surface area contributed by atoms with Crippen molar-refractivity contribution in [2.24, 2.45) is 5.92 Å². The highest BCUT2D eigenvalue weighted by Gasteiger charge is 2.36. The third-order valence-corrected chi connectivity index (χ3v) is 3.63. The zero-order valence-electron chi connectivity index (χ0n) is 11.4. The lowest BCUT2D eigenvalue weighted by atomic mass is 9.87. The molecule has 19 heavy (non-hydrogen) atoms. The van der Waals surface area contributed by atoms with Crippen LogP contribution in [0.4, 0.5) is 0 Å². The topological polar surface area (TPSA) is 55.8 Å².